The quantitative estimate of drug-likeness (QED) is 0.0743. The van der Waals surface area contributed by atoms with Crippen molar-refractivity contribution in [2.75, 3.05) is 4.43 Å². The Labute approximate surface area is 316 Å². The van der Waals surface area contributed by atoms with E-state index in [0.29, 0.717) is 16.9 Å². The maximum absolute atomic E-state index is 13.2. The zero-order valence-electron chi connectivity index (χ0n) is 31.9. The van der Waals surface area contributed by atoms with Gasteiger partial charge in [-0.25, -0.2) is 9.67 Å². The number of nitrogens with zero attached hydrogens (tertiary/aromatic N) is 4. The Kier molecular flexibility index (Phi) is 10.9. The van der Waals surface area contributed by atoms with Crippen LogP contribution in [-0.2, 0) is 37.2 Å². The summed E-state index contributed by atoms with van der Waals surface area (Å²) in [6.45, 7) is 27.9. The third-order valence-electron chi connectivity index (χ3n) is 10.4. The molecule has 50 heavy (non-hydrogen) atoms. The van der Waals surface area contributed by atoms with Crippen LogP contribution in [0.1, 0.15) is 87.5 Å². The van der Waals surface area contributed by atoms with Crippen LogP contribution < -0.4 is 10.2 Å². The molecule has 0 spiro atoms. The van der Waals surface area contributed by atoms with E-state index in [1.807, 2.05) is 68.0 Å². The van der Waals surface area contributed by atoms with Crippen molar-refractivity contribution in [2.24, 2.45) is 0 Å². The van der Waals surface area contributed by atoms with Gasteiger partial charge in [0.05, 0.1) is 46.6 Å². The summed E-state index contributed by atoms with van der Waals surface area (Å²) in [5.41, 5.74) is 3.39. The Bertz CT molecular complexity index is 1840. The summed E-state index contributed by atoms with van der Waals surface area (Å²) < 4.78 is 38.4. The van der Waals surface area contributed by atoms with Crippen LogP contribution in [0.3, 0.4) is 0 Å². The highest BCUT2D eigenvalue weighted by Crippen LogP contribution is 2.39. The van der Waals surface area contributed by atoms with Crippen molar-refractivity contribution in [3.63, 3.8) is 0 Å². The summed E-state index contributed by atoms with van der Waals surface area (Å²) in [7, 11) is -2.58. The molecule has 3 aromatic heterocycles. The van der Waals surface area contributed by atoms with Crippen molar-refractivity contribution >= 4 is 65.8 Å². The fourth-order valence-electron chi connectivity index (χ4n) is 5.19. The average Bonchev–Trinajstić information content (AvgIpc) is 3.55. The highest BCUT2D eigenvalue weighted by molar-refractivity contribution is 14.1. The minimum Gasteiger partial charge on any atom is -0.598 e. The molecule has 0 radical (unpaired) electrons. The molecule has 13 heteroatoms. The highest BCUT2D eigenvalue weighted by Gasteiger charge is 2.52. The predicted molar refractivity (Wildman–Crippen MR) is 217 cm³/mol. The van der Waals surface area contributed by atoms with Gasteiger partial charge in [-0.2, -0.15) is 5.10 Å². The Morgan fingerprint density at radius 2 is 1.60 bits per heavy atom. The summed E-state index contributed by atoms with van der Waals surface area (Å²) in [5.74, 6) is 0.696. The van der Waals surface area contributed by atoms with E-state index in [0.717, 1.165) is 39.0 Å². The van der Waals surface area contributed by atoms with Crippen LogP contribution in [0.4, 0.5) is 0 Å². The number of fused-ring (bicyclic) bond motifs is 1. The minimum atomic E-state index is -1.97. The van der Waals surface area contributed by atoms with Crippen molar-refractivity contribution in [1.82, 2.24) is 24.5 Å². The second kappa shape index (κ2) is 13.9. The second-order valence-corrected chi connectivity index (χ2v) is 24.6. The first-order valence-corrected chi connectivity index (χ1v) is 22.8. The van der Waals surface area contributed by atoms with Gasteiger partial charge in [0.1, 0.15) is 10.3 Å². The minimum absolute atomic E-state index is 0.0995. The van der Waals surface area contributed by atoms with E-state index in [-0.39, 0.29) is 5.04 Å². The summed E-state index contributed by atoms with van der Waals surface area (Å²) in [4.78, 5) is 10.2. The van der Waals surface area contributed by atoms with E-state index in [4.69, 9.17) is 28.8 Å². The number of hydrogen-bond donors (Lipinski definition) is 1. The molecule has 0 bridgehead atoms. The molecule has 1 fully saturated rings. The number of hydrogen-bond acceptors (Lipinski definition) is 8. The Hall–Kier alpha value is -1.85. The van der Waals surface area contributed by atoms with Crippen LogP contribution in [0, 0.1) is 0 Å². The molecule has 9 nitrogen and oxygen atoms in total. The van der Waals surface area contributed by atoms with Crippen molar-refractivity contribution in [1.29, 1.82) is 0 Å². The van der Waals surface area contributed by atoms with Gasteiger partial charge in [-0.1, -0.05) is 61.6 Å². The fraction of sp³-hybridized carbons (Fsp3) is 0.541. The molecule has 1 N–H and O–H groups in total. The molecule has 1 saturated heterocycles. The zero-order valence-corrected chi connectivity index (χ0v) is 35.9. The lowest BCUT2D eigenvalue weighted by Gasteiger charge is -2.36. The predicted octanol–water partition coefficient (Wildman–Crippen LogP) is 8.01. The molecule has 0 aliphatic carbocycles. The van der Waals surface area contributed by atoms with Gasteiger partial charge in [0.2, 0.25) is 0 Å². The molecule has 2 atom stereocenters. The number of aromatic nitrogens is 4. The SMILES string of the molecule is CC(CI)(N[S+]([O-])C(C)(C)C)c1cccc(-c2cc(B3OC(C)(C)C(C)(C)O3)c3cnn(-c4cccc(CO[Si](C)(C)C(C)(C)C)n4)c3c2)n1. The first-order chi connectivity index (χ1) is 23.0. The molecule has 0 saturated carbocycles. The van der Waals surface area contributed by atoms with Crippen molar-refractivity contribution < 1.29 is 18.3 Å². The van der Waals surface area contributed by atoms with Gasteiger partial charge in [0, 0.05) is 26.7 Å². The normalized spacial score (nSPS) is 18.4. The highest BCUT2D eigenvalue weighted by atomic mass is 127. The lowest BCUT2D eigenvalue weighted by molar-refractivity contribution is 0.00578. The van der Waals surface area contributed by atoms with Crippen LogP contribution in [0.25, 0.3) is 28.0 Å². The lowest BCUT2D eigenvalue weighted by atomic mass is 9.76. The van der Waals surface area contributed by atoms with Gasteiger partial charge in [-0.3, -0.25) is 4.98 Å². The second-order valence-electron chi connectivity index (χ2n) is 17.0. The van der Waals surface area contributed by atoms with Gasteiger partial charge in [0.15, 0.2) is 14.1 Å². The topological polar surface area (TPSA) is 106 Å². The average molecular weight is 830 g/mol. The van der Waals surface area contributed by atoms with E-state index < -0.39 is 48.3 Å². The molecule has 4 heterocycles. The zero-order chi connectivity index (χ0) is 37.1. The number of nitrogens with one attached hydrogen (secondary N) is 1. The molecular formula is C37H53BIN5O4SSi. The Morgan fingerprint density at radius 3 is 2.20 bits per heavy atom. The van der Waals surface area contributed by atoms with Crippen molar-refractivity contribution in [3.05, 3.63) is 66.1 Å². The van der Waals surface area contributed by atoms with Crippen molar-refractivity contribution in [3.8, 4) is 17.1 Å². The van der Waals surface area contributed by atoms with Crippen molar-refractivity contribution in [2.45, 2.75) is 122 Å². The van der Waals surface area contributed by atoms with Crippen LogP contribution >= 0.6 is 22.6 Å². The fourth-order valence-corrected chi connectivity index (χ4v) is 7.87. The summed E-state index contributed by atoms with van der Waals surface area (Å²) in [6, 6.07) is 16.2. The first kappa shape index (κ1) is 39.4. The number of rotatable bonds is 10. The molecule has 2 unspecified atom stereocenters. The van der Waals surface area contributed by atoms with Crippen LogP contribution in [0.15, 0.2) is 54.7 Å². The maximum Gasteiger partial charge on any atom is 0.495 e. The molecule has 270 valence electrons. The maximum atomic E-state index is 13.2. The van der Waals surface area contributed by atoms with Gasteiger partial charge < -0.3 is 18.3 Å². The number of pyridine rings is 2. The van der Waals surface area contributed by atoms with Crippen LogP contribution in [-0.4, -0.2) is 60.1 Å². The number of alkyl halides is 1. The summed E-state index contributed by atoms with van der Waals surface area (Å²) in [6.07, 6.45) is 1.86. The third kappa shape index (κ3) is 7.90. The smallest absolute Gasteiger partial charge is 0.495 e. The molecule has 1 aromatic carbocycles. The standard InChI is InChI=1S/C37H53BIN5O4SSi/c1-33(2,3)49(45)43-37(11,24-39)31-18-15-17-29(42-31)25-20-28(38-47-35(7,8)36(9,10)48-38)27-22-40-44(30(27)21-25)32-19-14-16-26(41-32)23-46-50(12,13)34(4,5)6/h14-22,43H,23-24H2,1-13H3. The monoisotopic (exact) mass is 829 g/mol. The molecular weight excluding hydrogens is 776 g/mol. The number of benzene rings is 1. The van der Waals surface area contributed by atoms with E-state index in [9.17, 15) is 4.55 Å². The Morgan fingerprint density at radius 1 is 0.960 bits per heavy atom. The van der Waals surface area contributed by atoms with E-state index >= 15 is 0 Å². The largest absolute Gasteiger partial charge is 0.598 e. The Balaban J connectivity index is 1.62. The van der Waals surface area contributed by atoms with Gasteiger partial charge >= 0.3 is 7.12 Å². The van der Waals surface area contributed by atoms with E-state index in [1.54, 1.807) is 0 Å². The van der Waals surface area contributed by atoms with E-state index in [1.165, 1.54) is 0 Å². The van der Waals surface area contributed by atoms with Gasteiger partial charge in [-0.15, -0.1) is 4.72 Å². The van der Waals surface area contributed by atoms with Crippen LogP contribution in [0.5, 0.6) is 0 Å². The molecule has 1 aliphatic heterocycles. The number of halogens is 1. The molecule has 5 rings (SSSR count). The molecule has 0 amide bonds. The van der Waals surface area contributed by atoms with E-state index in [2.05, 4.69) is 108 Å². The summed E-state index contributed by atoms with van der Waals surface area (Å²) in [5, 5.41) is 5.87. The first-order valence-electron chi connectivity index (χ1n) is 17.2. The van der Waals surface area contributed by atoms with Gasteiger partial charge in [-0.05, 0) is 109 Å². The third-order valence-corrected chi connectivity index (χ3v) is 18.1. The van der Waals surface area contributed by atoms with Crippen LogP contribution in [0.2, 0.25) is 18.1 Å². The van der Waals surface area contributed by atoms with Gasteiger partial charge in [0.25, 0.3) is 0 Å². The summed E-state index contributed by atoms with van der Waals surface area (Å²) >= 11 is 1.05. The molecule has 1 aliphatic rings. The molecule has 4 aromatic rings. The lowest BCUT2D eigenvalue weighted by Crippen LogP contribution is -2.51.